The first-order valence-electron chi connectivity index (χ1n) is 8.55. The number of aryl methyl sites for hydroxylation is 1. The maximum absolute atomic E-state index is 12.4. The second-order valence-electron chi connectivity index (χ2n) is 6.09. The number of rotatable bonds is 5. The Morgan fingerprint density at radius 3 is 2.32 bits per heavy atom. The minimum absolute atomic E-state index is 0.395. The van der Waals surface area contributed by atoms with Crippen molar-refractivity contribution >= 4 is 29.0 Å². The summed E-state index contributed by atoms with van der Waals surface area (Å²) in [5.74, 6) is 1.15. The summed E-state index contributed by atoms with van der Waals surface area (Å²) >= 11 is 6.20. The Hall–Kier alpha value is -3.19. The van der Waals surface area contributed by atoms with Crippen molar-refractivity contribution in [3.63, 3.8) is 0 Å². The first kappa shape index (κ1) is 19.6. The number of urea groups is 1. The molecular weight excluding hydrogens is 380 g/mol. The van der Waals surface area contributed by atoms with Crippen LogP contribution in [0.3, 0.4) is 0 Å². The largest absolute Gasteiger partial charge is 0.497 e. The van der Waals surface area contributed by atoms with Crippen LogP contribution in [0.1, 0.15) is 11.4 Å². The van der Waals surface area contributed by atoms with Gasteiger partial charge < -0.3 is 20.1 Å². The van der Waals surface area contributed by atoms with Gasteiger partial charge in [-0.3, -0.25) is 0 Å². The molecule has 28 heavy (non-hydrogen) atoms. The third kappa shape index (κ3) is 4.04. The quantitative estimate of drug-likeness (QED) is 0.644. The molecule has 1 aromatic heterocycles. The molecule has 0 saturated carbocycles. The van der Waals surface area contributed by atoms with Crippen LogP contribution in [-0.2, 0) is 0 Å². The van der Waals surface area contributed by atoms with Crippen molar-refractivity contribution in [2.45, 2.75) is 13.8 Å². The number of aromatic nitrogens is 2. The Balaban J connectivity index is 1.72. The van der Waals surface area contributed by atoms with E-state index in [1.165, 1.54) is 7.11 Å². The lowest BCUT2D eigenvalue weighted by molar-refractivity contribution is 0.262. The highest BCUT2D eigenvalue weighted by Crippen LogP contribution is 2.29. The molecule has 8 heteroatoms. The highest BCUT2D eigenvalue weighted by molar-refractivity contribution is 6.31. The van der Waals surface area contributed by atoms with E-state index in [0.717, 1.165) is 17.1 Å². The van der Waals surface area contributed by atoms with Gasteiger partial charge in [-0.1, -0.05) is 11.6 Å². The van der Waals surface area contributed by atoms with Crippen molar-refractivity contribution < 1.29 is 14.3 Å². The third-order valence-electron chi connectivity index (χ3n) is 4.23. The number of methoxy groups -OCH3 is 2. The van der Waals surface area contributed by atoms with Crippen molar-refractivity contribution in [2.75, 3.05) is 24.9 Å². The van der Waals surface area contributed by atoms with Gasteiger partial charge in [0.1, 0.15) is 11.5 Å². The Kier molecular flexibility index (Phi) is 5.75. The molecule has 2 aromatic carbocycles. The van der Waals surface area contributed by atoms with Gasteiger partial charge in [0.25, 0.3) is 0 Å². The fraction of sp³-hybridized carbons (Fsp3) is 0.200. The predicted molar refractivity (Wildman–Crippen MR) is 110 cm³/mol. The molecule has 0 aliphatic rings. The zero-order chi connectivity index (χ0) is 20.3. The van der Waals surface area contributed by atoms with E-state index in [9.17, 15) is 4.79 Å². The monoisotopic (exact) mass is 400 g/mol. The van der Waals surface area contributed by atoms with E-state index in [4.69, 9.17) is 21.1 Å². The number of halogens is 1. The minimum atomic E-state index is -0.395. The van der Waals surface area contributed by atoms with E-state index in [0.29, 0.717) is 27.9 Å². The summed E-state index contributed by atoms with van der Waals surface area (Å²) in [5.41, 5.74) is 3.63. The number of anilines is 2. The molecule has 0 unspecified atom stereocenters. The van der Waals surface area contributed by atoms with Crippen LogP contribution in [0.15, 0.2) is 42.5 Å². The van der Waals surface area contributed by atoms with Crippen molar-refractivity contribution in [2.24, 2.45) is 0 Å². The normalized spacial score (nSPS) is 10.5. The van der Waals surface area contributed by atoms with Crippen molar-refractivity contribution in [3.8, 4) is 17.2 Å². The topological polar surface area (TPSA) is 77.4 Å². The third-order valence-corrected chi connectivity index (χ3v) is 4.77. The van der Waals surface area contributed by atoms with Crippen molar-refractivity contribution in [1.29, 1.82) is 0 Å². The number of amides is 2. The molecule has 1 heterocycles. The summed E-state index contributed by atoms with van der Waals surface area (Å²) in [6, 6.07) is 12.1. The van der Waals surface area contributed by atoms with Crippen LogP contribution in [0.4, 0.5) is 16.2 Å². The molecular formula is C20H21ClN4O3. The van der Waals surface area contributed by atoms with Gasteiger partial charge in [-0.05, 0) is 50.2 Å². The maximum atomic E-state index is 12.4. The van der Waals surface area contributed by atoms with E-state index in [1.54, 1.807) is 42.1 Å². The van der Waals surface area contributed by atoms with E-state index in [2.05, 4.69) is 15.7 Å². The molecule has 0 spiro atoms. The molecule has 0 saturated heterocycles. The Bertz CT molecular complexity index is 999. The summed E-state index contributed by atoms with van der Waals surface area (Å²) in [6.07, 6.45) is 0. The highest BCUT2D eigenvalue weighted by Gasteiger charge is 2.12. The van der Waals surface area contributed by atoms with Crippen LogP contribution in [0.25, 0.3) is 5.69 Å². The number of carbonyl (C=O) groups is 1. The first-order valence-corrected chi connectivity index (χ1v) is 8.93. The second kappa shape index (κ2) is 8.22. The summed E-state index contributed by atoms with van der Waals surface area (Å²) in [6.45, 7) is 3.77. The lowest BCUT2D eigenvalue weighted by Crippen LogP contribution is -2.19. The number of hydrogen-bond acceptors (Lipinski definition) is 4. The van der Waals surface area contributed by atoms with Crippen molar-refractivity contribution in [1.82, 2.24) is 9.78 Å². The summed E-state index contributed by atoms with van der Waals surface area (Å²) in [7, 11) is 3.10. The van der Waals surface area contributed by atoms with Gasteiger partial charge in [0.05, 0.1) is 42.0 Å². The SMILES string of the molecule is COc1ccc(OC)c(NC(=O)Nc2ccc(-n3nc(C)c(Cl)c3C)cc2)c1. The van der Waals surface area contributed by atoms with Crippen LogP contribution in [0.5, 0.6) is 11.5 Å². The lowest BCUT2D eigenvalue weighted by atomic mass is 10.2. The predicted octanol–water partition coefficient (Wildman–Crippen LogP) is 4.80. The summed E-state index contributed by atoms with van der Waals surface area (Å²) < 4.78 is 12.2. The molecule has 0 atom stereocenters. The van der Waals surface area contributed by atoms with Crippen LogP contribution in [0.2, 0.25) is 5.02 Å². The van der Waals surface area contributed by atoms with Crippen LogP contribution < -0.4 is 20.1 Å². The molecule has 3 aromatic rings. The standard InChI is InChI=1S/C20H21ClN4O3/c1-12-19(21)13(2)25(24-12)15-7-5-14(6-8-15)22-20(26)23-17-11-16(27-3)9-10-18(17)28-4/h5-11H,1-4H3,(H2,22,23,26). The zero-order valence-electron chi connectivity index (χ0n) is 16.0. The number of hydrogen-bond donors (Lipinski definition) is 2. The minimum Gasteiger partial charge on any atom is -0.497 e. The Morgan fingerprint density at radius 2 is 1.75 bits per heavy atom. The van der Waals surface area contributed by atoms with Crippen molar-refractivity contribution in [3.05, 3.63) is 58.9 Å². The van der Waals surface area contributed by atoms with Gasteiger partial charge in [0.15, 0.2) is 0 Å². The molecule has 2 N–H and O–H groups in total. The lowest BCUT2D eigenvalue weighted by Gasteiger charge is -2.13. The smallest absolute Gasteiger partial charge is 0.323 e. The van der Waals surface area contributed by atoms with E-state index >= 15 is 0 Å². The summed E-state index contributed by atoms with van der Waals surface area (Å²) in [5, 5.41) is 10.6. The molecule has 0 aliphatic heterocycles. The number of benzene rings is 2. The number of ether oxygens (including phenoxy) is 2. The molecule has 146 valence electrons. The van der Waals surface area contributed by atoms with Crippen LogP contribution >= 0.6 is 11.6 Å². The van der Waals surface area contributed by atoms with E-state index in [1.807, 2.05) is 26.0 Å². The maximum Gasteiger partial charge on any atom is 0.323 e. The molecule has 2 amide bonds. The van der Waals surface area contributed by atoms with Gasteiger partial charge in [-0.2, -0.15) is 5.10 Å². The molecule has 0 fully saturated rings. The molecule has 0 bridgehead atoms. The molecule has 0 aliphatic carbocycles. The van der Waals surface area contributed by atoms with E-state index in [-0.39, 0.29) is 0 Å². The van der Waals surface area contributed by atoms with Crippen LogP contribution in [-0.4, -0.2) is 30.0 Å². The summed E-state index contributed by atoms with van der Waals surface area (Å²) in [4.78, 5) is 12.4. The molecule has 7 nitrogen and oxygen atoms in total. The van der Waals surface area contributed by atoms with Gasteiger partial charge in [-0.25, -0.2) is 9.48 Å². The fourth-order valence-electron chi connectivity index (χ4n) is 2.76. The van der Waals surface area contributed by atoms with Gasteiger partial charge in [-0.15, -0.1) is 0 Å². The van der Waals surface area contributed by atoms with Crippen LogP contribution in [0, 0.1) is 13.8 Å². The van der Waals surface area contributed by atoms with Gasteiger partial charge >= 0.3 is 6.03 Å². The Morgan fingerprint density at radius 1 is 1.04 bits per heavy atom. The Labute approximate surface area is 168 Å². The first-order chi connectivity index (χ1) is 13.4. The second-order valence-corrected chi connectivity index (χ2v) is 6.47. The van der Waals surface area contributed by atoms with Gasteiger partial charge in [0, 0.05) is 11.8 Å². The van der Waals surface area contributed by atoms with E-state index < -0.39 is 6.03 Å². The molecule has 0 radical (unpaired) electrons. The zero-order valence-corrected chi connectivity index (χ0v) is 16.8. The van der Waals surface area contributed by atoms with Gasteiger partial charge in [0.2, 0.25) is 0 Å². The number of nitrogens with zero attached hydrogens (tertiary/aromatic N) is 2. The highest BCUT2D eigenvalue weighted by atomic mass is 35.5. The number of carbonyl (C=O) groups excluding carboxylic acids is 1. The average Bonchev–Trinajstić information content (AvgIpc) is 2.95. The number of nitrogens with one attached hydrogen (secondary N) is 2. The fourth-order valence-corrected chi connectivity index (χ4v) is 2.88. The molecule has 3 rings (SSSR count). The average molecular weight is 401 g/mol.